The number of nitrogens with zero attached hydrogens (tertiary/aromatic N) is 3. The maximum absolute atomic E-state index is 14.2. The van der Waals surface area contributed by atoms with Crippen molar-refractivity contribution in [3.8, 4) is 0 Å². The van der Waals surface area contributed by atoms with Crippen LogP contribution in [0.2, 0.25) is 10.0 Å². The number of hydrogen-bond donors (Lipinski definition) is 1. The van der Waals surface area contributed by atoms with Crippen LogP contribution in [0.5, 0.6) is 0 Å². The first-order valence-electron chi connectivity index (χ1n) is 13.4. The molecule has 0 heterocycles. The predicted octanol–water partition coefficient (Wildman–Crippen LogP) is 5.39. The molecule has 3 aromatic rings. The summed E-state index contributed by atoms with van der Waals surface area (Å²) in [6.45, 7) is 5.04. The summed E-state index contributed by atoms with van der Waals surface area (Å²) in [5, 5.41) is 14.9. The van der Waals surface area contributed by atoms with E-state index in [0.717, 1.165) is 22.2 Å². The van der Waals surface area contributed by atoms with E-state index in [9.17, 15) is 28.1 Å². The number of aryl methyl sites for hydroxylation is 1. The number of nitro benzene ring substituents is 1. The number of amides is 2. The van der Waals surface area contributed by atoms with E-state index in [-0.39, 0.29) is 35.3 Å². The van der Waals surface area contributed by atoms with Gasteiger partial charge in [0.2, 0.25) is 21.8 Å². The minimum atomic E-state index is -4.10. The van der Waals surface area contributed by atoms with Gasteiger partial charge in [-0.3, -0.25) is 24.0 Å². The van der Waals surface area contributed by atoms with Crippen molar-refractivity contribution in [2.45, 2.75) is 39.8 Å². The lowest BCUT2D eigenvalue weighted by Crippen LogP contribution is -2.53. The lowest BCUT2D eigenvalue weighted by molar-refractivity contribution is -0.384. The number of rotatable bonds is 13. The van der Waals surface area contributed by atoms with Crippen LogP contribution < -0.4 is 9.62 Å². The molecule has 0 aromatic heterocycles. The van der Waals surface area contributed by atoms with Crippen LogP contribution in [0.3, 0.4) is 0 Å². The molecule has 0 fully saturated rings. The highest BCUT2D eigenvalue weighted by molar-refractivity contribution is 7.92. The molecule has 0 saturated heterocycles. The normalized spacial score (nSPS) is 12.1. The molecule has 0 radical (unpaired) electrons. The highest BCUT2D eigenvalue weighted by Crippen LogP contribution is 2.29. The summed E-state index contributed by atoms with van der Waals surface area (Å²) in [4.78, 5) is 40.0. The first-order valence-corrected chi connectivity index (χ1v) is 16.1. The fraction of sp³-hybridized carbons (Fsp3) is 0.333. The molecule has 3 rings (SSSR count). The van der Waals surface area contributed by atoms with Gasteiger partial charge in [-0.25, -0.2) is 8.42 Å². The molecule has 0 aliphatic rings. The number of carbonyl (C=O) groups is 2. The number of halogens is 2. The second-order valence-electron chi connectivity index (χ2n) is 10.6. The lowest BCUT2D eigenvalue weighted by atomic mass is 10.0. The molecule has 0 saturated carbocycles. The number of carbonyl (C=O) groups excluding carboxylic acids is 2. The Kier molecular flexibility index (Phi) is 11.5. The Hall–Kier alpha value is -3.67. The first-order chi connectivity index (χ1) is 20.2. The predicted molar refractivity (Wildman–Crippen MR) is 169 cm³/mol. The molecular formula is C30H34Cl2N4O6S. The van der Waals surface area contributed by atoms with Crippen molar-refractivity contribution >= 4 is 56.4 Å². The Morgan fingerprint density at radius 1 is 0.977 bits per heavy atom. The molecule has 0 aliphatic carbocycles. The zero-order chi connectivity index (χ0) is 31.9. The van der Waals surface area contributed by atoms with Crippen LogP contribution >= 0.6 is 23.2 Å². The maximum atomic E-state index is 14.2. The van der Waals surface area contributed by atoms with E-state index in [1.165, 1.54) is 17.0 Å². The molecule has 0 bridgehead atoms. The van der Waals surface area contributed by atoms with Gasteiger partial charge in [0, 0.05) is 31.6 Å². The molecule has 3 aromatic carbocycles. The molecule has 2 amide bonds. The van der Waals surface area contributed by atoms with Crippen LogP contribution in [0.1, 0.15) is 30.5 Å². The standard InChI is InChI=1S/C30H34Cl2N4O6S/c1-20(2)17-33-30(38)28(15-22-8-6-5-7-9-22)34(18-23-11-13-25(31)26(32)14-23)29(37)19-35(43(4,41)42)27-16-24(36(39)40)12-10-21(27)3/h5-14,16,20,28H,15,17-19H2,1-4H3,(H,33,38). The van der Waals surface area contributed by atoms with Gasteiger partial charge in [-0.15, -0.1) is 0 Å². The molecule has 1 unspecified atom stereocenters. The van der Waals surface area contributed by atoms with Gasteiger partial charge in [-0.1, -0.05) is 79.5 Å². The van der Waals surface area contributed by atoms with Gasteiger partial charge in [0.1, 0.15) is 12.6 Å². The summed E-state index contributed by atoms with van der Waals surface area (Å²) in [5.74, 6) is -0.968. The summed E-state index contributed by atoms with van der Waals surface area (Å²) in [7, 11) is -4.10. The largest absolute Gasteiger partial charge is 0.354 e. The molecular weight excluding hydrogens is 615 g/mol. The van der Waals surface area contributed by atoms with Crippen molar-refractivity contribution in [2.24, 2.45) is 5.92 Å². The summed E-state index contributed by atoms with van der Waals surface area (Å²) in [6.07, 6.45) is 1.06. The van der Waals surface area contributed by atoms with E-state index >= 15 is 0 Å². The zero-order valence-corrected chi connectivity index (χ0v) is 26.6. The minimum absolute atomic E-state index is 0.0107. The highest BCUT2D eigenvalue weighted by atomic mass is 35.5. The number of nitro groups is 1. The second kappa shape index (κ2) is 14.7. The molecule has 230 valence electrons. The SMILES string of the molecule is Cc1ccc([N+](=O)[O-])cc1N(CC(=O)N(Cc1ccc(Cl)c(Cl)c1)C(Cc1ccccc1)C(=O)NCC(C)C)S(C)(=O)=O. The van der Waals surface area contributed by atoms with Gasteiger partial charge in [0.25, 0.3) is 5.69 Å². The van der Waals surface area contributed by atoms with Crippen molar-refractivity contribution in [1.29, 1.82) is 0 Å². The Balaban J connectivity index is 2.12. The second-order valence-corrected chi connectivity index (χ2v) is 13.3. The lowest BCUT2D eigenvalue weighted by Gasteiger charge is -2.34. The third-order valence-corrected chi connectivity index (χ3v) is 8.51. The van der Waals surface area contributed by atoms with Gasteiger partial charge in [0.05, 0.1) is 26.9 Å². The molecule has 13 heteroatoms. The van der Waals surface area contributed by atoms with Crippen molar-refractivity contribution in [2.75, 3.05) is 23.7 Å². The third kappa shape index (κ3) is 9.41. The smallest absolute Gasteiger partial charge is 0.271 e. The van der Waals surface area contributed by atoms with Crippen molar-refractivity contribution in [1.82, 2.24) is 10.2 Å². The third-order valence-electron chi connectivity index (χ3n) is 6.64. The topological polar surface area (TPSA) is 130 Å². The van der Waals surface area contributed by atoms with Crippen LogP contribution in [-0.4, -0.2) is 55.4 Å². The molecule has 0 spiro atoms. The minimum Gasteiger partial charge on any atom is -0.354 e. The first kappa shape index (κ1) is 33.8. The van der Waals surface area contributed by atoms with Crippen molar-refractivity contribution in [3.63, 3.8) is 0 Å². The number of sulfonamides is 1. The average Bonchev–Trinajstić information content (AvgIpc) is 2.94. The fourth-order valence-corrected chi connectivity index (χ4v) is 5.61. The Morgan fingerprint density at radius 3 is 2.23 bits per heavy atom. The number of anilines is 1. The highest BCUT2D eigenvalue weighted by Gasteiger charge is 2.34. The maximum Gasteiger partial charge on any atom is 0.271 e. The zero-order valence-electron chi connectivity index (χ0n) is 24.3. The van der Waals surface area contributed by atoms with Crippen molar-refractivity contribution in [3.05, 3.63) is 104 Å². The van der Waals surface area contributed by atoms with Crippen LogP contribution in [0.15, 0.2) is 66.7 Å². The van der Waals surface area contributed by atoms with E-state index in [1.54, 1.807) is 25.1 Å². The van der Waals surface area contributed by atoms with E-state index in [2.05, 4.69) is 5.32 Å². The number of nitrogens with one attached hydrogen (secondary N) is 1. The van der Waals surface area contributed by atoms with E-state index in [1.807, 2.05) is 44.2 Å². The summed E-state index contributed by atoms with van der Waals surface area (Å²) in [6, 6.07) is 16.7. The Morgan fingerprint density at radius 2 is 1.65 bits per heavy atom. The van der Waals surface area contributed by atoms with Gasteiger partial charge in [-0.2, -0.15) is 0 Å². The Bertz CT molecular complexity index is 1580. The number of non-ortho nitro benzene ring substituents is 1. The molecule has 0 aliphatic heterocycles. The van der Waals surface area contributed by atoms with Gasteiger partial charge in [0.15, 0.2) is 0 Å². The average molecular weight is 650 g/mol. The molecule has 1 atom stereocenters. The number of benzene rings is 3. The monoisotopic (exact) mass is 648 g/mol. The molecule has 1 N–H and O–H groups in total. The molecule has 10 nitrogen and oxygen atoms in total. The van der Waals surface area contributed by atoms with Gasteiger partial charge >= 0.3 is 0 Å². The van der Waals surface area contributed by atoms with E-state index in [0.29, 0.717) is 22.7 Å². The van der Waals surface area contributed by atoms with Crippen LogP contribution in [0.25, 0.3) is 0 Å². The van der Waals surface area contributed by atoms with E-state index < -0.39 is 39.3 Å². The van der Waals surface area contributed by atoms with Gasteiger partial charge in [-0.05, 0) is 41.7 Å². The summed E-state index contributed by atoms with van der Waals surface area (Å²) < 4.78 is 26.8. The summed E-state index contributed by atoms with van der Waals surface area (Å²) >= 11 is 12.4. The fourth-order valence-electron chi connectivity index (χ4n) is 4.39. The number of hydrogen-bond acceptors (Lipinski definition) is 6. The quantitative estimate of drug-likeness (QED) is 0.195. The van der Waals surface area contributed by atoms with Crippen LogP contribution in [0, 0.1) is 23.0 Å². The van der Waals surface area contributed by atoms with Crippen molar-refractivity contribution < 1.29 is 22.9 Å². The van der Waals surface area contributed by atoms with Crippen LogP contribution in [-0.2, 0) is 32.6 Å². The summed E-state index contributed by atoms with van der Waals surface area (Å²) in [5.41, 5.74) is 1.42. The Labute approximate surface area is 261 Å². The molecule has 43 heavy (non-hydrogen) atoms. The van der Waals surface area contributed by atoms with E-state index in [4.69, 9.17) is 23.2 Å². The van der Waals surface area contributed by atoms with Gasteiger partial charge < -0.3 is 10.2 Å². The van der Waals surface area contributed by atoms with Crippen LogP contribution in [0.4, 0.5) is 11.4 Å².